The summed E-state index contributed by atoms with van der Waals surface area (Å²) >= 11 is 3.04. The third-order valence-corrected chi connectivity index (χ3v) is 1.91. The molecule has 0 saturated carbocycles. The zero-order chi connectivity index (χ0) is 8.43. The second-order valence-corrected chi connectivity index (χ2v) is 2.94. The van der Waals surface area contributed by atoms with Crippen LogP contribution in [0.4, 0.5) is 0 Å². The first-order chi connectivity index (χ1) is 5.11. The SMILES string of the molecule is OB(O)c1ccc(O)c(Br)c1. The maximum absolute atomic E-state index is 9.02. The summed E-state index contributed by atoms with van der Waals surface area (Å²) in [4.78, 5) is 0. The van der Waals surface area contributed by atoms with Crippen LogP contribution in [0.15, 0.2) is 22.7 Å². The quantitative estimate of drug-likeness (QED) is 0.572. The van der Waals surface area contributed by atoms with Crippen molar-refractivity contribution in [2.75, 3.05) is 0 Å². The largest absolute Gasteiger partial charge is 0.507 e. The molecule has 5 heteroatoms. The van der Waals surface area contributed by atoms with E-state index in [-0.39, 0.29) is 5.75 Å². The first-order valence-corrected chi connectivity index (χ1v) is 3.75. The Kier molecular flexibility index (Phi) is 2.54. The van der Waals surface area contributed by atoms with Gasteiger partial charge in [0.05, 0.1) is 4.47 Å². The van der Waals surface area contributed by atoms with E-state index < -0.39 is 7.12 Å². The van der Waals surface area contributed by atoms with Crippen molar-refractivity contribution in [1.82, 2.24) is 0 Å². The van der Waals surface area contributed by atoms with Gasteiger partial charge in [0.1, 0.15) is 5.75 Å². The number of hydrogen-bond acceptors (Lipinski definition) is 3. The van der Waals surface area contributed by atoms with Crippen LogP contribution >= 0.6 is 15.9 Å². The lowest BCUT2D eigenvalue weighted by Crippen LogP contribution is -2.29. The van der Waals surface area contributed by atoms with Crippen LogP contribution in [-0.4, -0.2) is 22.3 Å². The van der Waals surface area contributed by atoms with Crippen LogP contribution in [-0.2, 0) is 0 Å². The van der Waals surface area contributed by atoms with Crippen LogP contribution in [0.1, 0.15) is 0 Å². The molecule has 0 saturated heterocycles. The maximum atomic E-state index is 9.02. The van der Waals surface area contributed by atoms with Crippen LogP contribution in [0.3, 0.4) is 0 Å². The van der Waals surface area contributed by atoms with E-state index in [4.69, 9.17) is 15.2 Å². The Balaban J connectivity index is 3.05. The molecule has 0 aliphatic rings. The molecule has 1 rings (SSSR count). The summed E-state index contributed by atoms with van der Waals surface area (Å²) in [5, 5.41) is 26.4. The highest BCUT2D eigenvalue weighted by molar-refractivity contribution is 9.10. The van der Waals surface area contributed by atoms with Gasteiger partial charge in [0, 0.05) is 0 Å². The van der Waals surface area contributed by atoms with Gasteiger partial charge in [0.15, 0.2) is 0 Å². The third kappa shape index (κ3) is 1.96. The summed E-state index contributed by atoms with van der Waals surface area (Å²) in [5.41, 5.74) is 0.342. The molecular formula is C6H6BBrO3. The van der Waals surface area contributed by atoms with Crippen molar-refractivity contribution < 1.29 is 15.2 Å². The standard InChI is InChI=1S/C6H6BBrO3/c8-5-3-4(7(10)11)1-2-6(5)9/h1-3,9-11H. The second-order valence-electron chi connectivity index (χ2n) is 2.08. The Labute approximate surface area is 72.6 Å². The van der Waals surface area contributed by atoms with Crippen molar-refractivity contribution in [3.05, 3.63) is 22.7 Å². The molecule has 0 fully saturated rings. The minimum absolute atomic E-state index is 0.0781. The van der Waals surface area contributed by atoms with E-state index in [1.54, 1.807) is 0 Å². The first-order valence-electron chi connectivity index (χ1n) is 2.96. The molecule has 0 amide bonds. The van der Waals surface area contributed by atoms with Gasteiger partial charge < -0.3 is 15.2 Å². The lowest BCUT2D eigenvalue weighted by atomic mass is 9.80. The summed E-state index contributed by atoms with van der Waals surface area (Å²) in [6.07, 6.45) is 0. The van der Waals surface area contributed by atoms with Crippen molar-refractivity contribution in [2.24, 2.45) is 0 Å². The fourth-order valence-corrected chi connectivity index (χ4v) is 1.08. The van der Waals surface area contributed by atoms with E-state index in [9.17, 15) is 0 Å². The lowest BCUT2D eigenvalue weighted by Gasteiger charge is -2.00. The molecule has 0 aliphatic heterocycles. The molecule has 1 aromatic rings. The van der Waals surface area contributed by atoms with Crippen LogP contribution < -0.4 is 5.46 Å². The van der Waals surface area contributed by atoms with Gasteiger partial charge in [0.2, 0.25) is 0 Å². The molecule has 0 bridgehead atoms. The van der Waals surface area contributed by atoms with Crippen molar-refractivity contribution in [3.8, 4) is 5.75 Å². The van der Waals surface area contributed by atoms with E-state index in [0.29, 0.717) is 9.94 Å². The second kappa shape index (κ2) is 3.25. The van der Waals surface area contributed by atoms with E-state index in [2.05, 4.69) is 15.9 Å². The van der Waals surface area contributed by atoms with Gasteiger partial charge in [-0.25, -0.2) is 0 Å². The predicted octanol–water partition coefficient (Wildman–Crippen LogP) is -0.166. The lowest BCUT2D eigenvalue weighted by molar-refractivity contribution is 0.425. The van der Waals surface area contributed by atoms with E-state index in [0.717, 1.165) is 0 Å². The van der Waals surface area contributed by atoms with Crippen molar-refractivity contribution in [2.45, 2.75) is 0 Å². The number of phenolic OH excluding ortho intramolecular Hbond substituents is 1. The number of aromatic hydroxyl groups is 1. The summed E-state index contributed by atoms with van der Waals surface area (Å²) in [6, 6.07) is 4.27. The molecule has 1 aromatic carbocycles. The van der Waals surface area contributed by atoms with Gasteiger partial charge in [0.25, 0.3) is 0 Å². The zero-order valence-corrected chi connectivity index (χ0v) is 7.12. The highest BCUT2D eigenvalue weighted by Crippen LogP contribution is 2.20. The van der Waals surface area contributed by atoms with E-state index in [1.165, 1.54) is 18.2 Å². The number of benzene rings is 1. The molecule has 3 nitrogen and oxygen atoms in total. The molecule has 0 unspecified atom stereocenters. The molecule has 0 spiro atoms. The Morgan fingerprint density at radius 1 is 1.27 bits per heavy atom. The highest BCUT2D eigenvalue weighted by Gasteiger charge is 2.11. The maximum Gasteiger partial charge on any atom is 0.488 e. The average molecular weight is 217 g/mol. The molecule has 0 radical (unpaired) electrons. The van der Waals surface area contributed by atoms with Gasteiger partial charge in [-0.2, -0.15) is 0 Å². The molecule has 11 heavy (non-hydrogen) atoms. The van der Waals surface area contributed by atoms with Crippen molar-refractivity contribution >= 4 is 28.5 Å². The van der Waals surface area contributed by atoms with Gasteiger partial charge in [-0.3, -0.25) is 0 Å². The summed E-state index contributed by atoms with van der Waals surface area (Å²) in [6.45, 7) is 0. The molecule has 0 atom stereocenters. The van der Waals surface area contributed by atoms with Crippen molar-refractivity contribution in [1.29, 1.82) is 0 Å². The Hall–Kier alpha value is -0.515. The van der Waals surface area contributed by atoms with Crippen LogP contribution in [0.2, 0.25) is 0 Å². The normalized spacial score (nSPS) is 9.73. The average Bonchev–Trinajstić information content (AvgIpc) is 1.94. The summed E-state index contributed by atoms with van der Waals surface area (Å²) in [7, 11) is -1.49. The predicted molar refractivity (Wildman–Crippen MR) is 45.6 cm³/mol. The Bertz CT molecular complexity index is 264. The number of phenols is 1. The molecule has 58 valence electrons. The van der Waals surface area contributed by atoms with Gasteiger partial charge in [-0.1, -0.05) is 6.07 Å². The summed E-state index contributed by atoms with van der Waals surface area (Å²) in [5.74, 6) is 0.0781. The third-order valence-electron chi connectivity index (χ3n) is 1.27. The van der Waals surface area contributed by atoms with Crippen LogP contribution in [0.5, 0.6) is 5.75 Å². The van der Waals surface area contributed by atoms with Gasteiger partial charge in [-0.15, -0.1) is 0 Å². The smallest absolute Gasteiger partial charge is 0.488 e. The van der Waals surface area contributed by atoms with Crippen molar-refractivity contribution in [3.63, 3.8) is 0 Å². The monoisotopic (exact) mass is 216 g/mol. The Morgan fingerprint density at radius 3 is 2.36 bits per heavy atom. The molecule has 0 heterocycles. The molecule has 3 N–H and O–H groups in total. The Morgan fingerprint density at radius 2 is 1.91 bits per heavy atom. The minimum Gasteiger partial charge on any atom is -0.507 e. The van der Waals surface area contributed by atoms with Gasteiger partial charge >= 0.3 is 7.12 Å². The molecule has 0 aliphatic carbocycles. The number of rotatable bonds is 1. The van der Waals surface area contributed by atoms with Crippen LogP contribution in [0.25, 0.3) is 0 Å². The number of halogens is 1. The fraction of sp³-hybridized carbons (Fsp3) is 0. The zero-order valence-electron chi connectivity index (χ0n) is 5.53. The van der Waals surface area contributed by atoms with Gasteiger partial charge in [-0.05, 0) is 33.5 Å². The van der Waals surface area contributed by atoms with E-state index >= 15 is 0 Å². The first kappa shape index (κ1) is 8.58. The number of hydrogen-bond donors (Lipinski definition) is 3. The molecular weight excluding hydrogens is 211 g/mol. The molecule has 0 aromatic heterocycles. The fourth-order valence-electron chi connectivity index (χ4n) is 0.684. The summed E-state index contributed by atoms with van der Waals surface area (Å²) < 4.78 is 0.447. The van der Waals surface area contributed by atoms with Crippen LogP contribution in [0, 0.1) is 0 Å². The topological polar surface area (TPSA) is 60.7 Å². The van der Waals surface area contributed by atoms with E-state index in [1.807, 2.05) is 0 Å². The minimum atomic E-state index is -1.49. The highest BCUT2D eigenvalue weighted by atomic mass is 79.9.